The Labute approximate surface area is 119 Å². The fraction of sp³-hybridized carbons (Fsp3) is 0.333. The first-order chi connectivity index (χ1) is 8.79. The number of aromatic nitrogens is 2. The van der Waals surface area contributed by atoms with E-state index in [9.17, 15) is 0 Å². The summed E-state index contributed by atoms with van der Waals surface area (Å²) in [4.78, 5) is 0. The molecule has 0 saturated heterocycles. The molecule has 96 valence electrons. The molecule has 0 aliphatic heterocycles. The number of hydrogen-bond acceptors (Lipinski definition) is 5. The van der Waals surface area contributed by atoms with Crippen molar-refractivity contribution in [3.8, 4) is 11.5 Å². The van der Waals surface area contributed by atoms with Gasteiger partial charge in [0, 0.05) is 27.1 Å². The van der Waals surface area contributed by atoms with Crippen LogP contribution in [-0.4, -0.2) is 16.0 Å². The van der Waals surface area contributed by atoms with E-state index in [1.54, 1.807) is 10.8 Å². The fourth-order valence-corrected chi connectivity index (χ4v) is 3.26. The lowest BCUT2D eigenvalue weighted by molar-refractivity contribution is 0.467. The molecule has 0 N–H and O–H groups in total. The van der Waals surface area contributed by atoms with Crippen molar-refractivity contribution in [1.29, 1.82) is 0 Å². The van der Waals surface area contributed by atoms with E-state index in [0.717, 1.165) is 11.3 Å². The van der Waals surface area contributed by atoms with Crippen LogP contribution in [0.4, 0.5) is 0 Å². The molecule has 1 aromatic carbocycles. The van der Waals surface area contributed by atoms with Crippen LogP contribution in [0.2, 0.25) is 5.02 Å². The number of benzene rings is 1. The van der Waals surface area contributed by atoms with Gasteiger partial charge < -0.3 is 4.42 Å². The van der Waals surface area contributed by atoms with Crippen molar-refractivity contribution in [2.45, 2.75) is 25.0 Å². The summed E-state index contributed by atoms with van der Waals surface area (Å²) in [6.45, 7) is 2.18. The van der Waals surface area contributed by atoms with Crippen molar-refractivity contribution in [2.24, 2.45) is 0 Å². The Bertz CT molecular complexity index is 487. The van der Waals surface area contributed by atoms with Crippen LogP contribution in [0.1, 0.15) is 19.8 Å². The molecule has 0 unspecified atom stereocenters. The molecule has 0 aliphatic rings. The molecule has 0 aliphatic carbocycles. The molecule has 0 amide bonds. The molecule has 1 aromatic heterocycles. The summed E-state index contributed by atoms with van der Waals surface area (Å²) in [6.07, 6.45) is 2.41. The van der Waals surface area contributed by atoms with Gasteiger partial charge in [-0.25, -0.2) is 0 Å². The maximum absolute atomic E-state index is 5.83. The second kappa shape index (κ2) is 7.07. The first kappa shape index (κ1) is 13.8. The molecular formula is C12H13ClN2OS2. The van der Waals surface area contributed by atoms with Crippen LogP contribution in [0.25, 0.3) is 11.5 Å². The number of rotatable bonds is 6. The standard InChI is InChI=1S/C12H13ClN2OS2/c1-2-3-8-17-18-12-15-14-11(16-12)9-4-6-10(13)7-5-9/h4-7H,2-3,8H2,1H3. The topological polar surface area (TPSA) is 38.9 Å². The third-order valence-corrected chi connectivity index (χ3v) is 4.62. The predicted octanol–water partition coefficient (Wildman–Crippen LogP) is 4.93. The zero-order valence-corrected chi connectivity index (χ0v) is 12.3. The van der Waals surface area contributed by atoms with Gasteiger partial charge in [0.2, 0.25) is 5.89 Å². The Morgan fingerprint density at radius 2 is 2.00 bits per heavy atom. The lowest BCUT2D eigenvalue weighted by Gasteiger charge is -1.95. The molecular weight excluding hydrogens is 288 g/mol. The number of nitrogens with zero attached hydrogens (tertiary/aromatic N) is 2. The zero-order valence-electron chi connectivity index (χ0n) is 9.93. The lowest BCUT2D eigenvalue weighted by atomic mass is 10.2. The van der Waals surface area contributed by atoms with Crippen molar-refractivity contribution in [3.05, 3.63) is 29.3 Å². The number of hydrogen-bond donors (Lipinski definition) is 0. The van der Waals surface area contributed by atoms with Crippen molar-refractivity contribution in [1.82, 2.24) is 10.2 Å². The summed E-state index contributed by atoms with van der Waals surface area (Å²) in [5.41, 5.74) is 0.886. The summed E-state index contributed by atoms with van der Waals surface area (Å²) in [5, 5.41) is 9.32. The molecule has 2 rings (SSSR count). The highest BCUT2D eigenvalue weighted by molar-refractivity contribution is 8.76. The summed E-state index contributed by atoms with van der Waals surface area (Å²) >= 11 is 5.83. The predicted molar refractivity (Wildman–Crippen MR) is 78.0 cm³/mol. The number of halogens is 1. The van der Waals surface area contributed by atoms with E-state index in [-0.39, 0.29) is 0 Å². The van der Waals surface area contributed by atoms with Crippen LogP contribution in [-0.2, 0) is 0 Å². The summed E-state index contributed by atoms with van der Waals surface area (Å²) in [6, 6.07) is 7.36. The molecule has 0 atom stereocenters. The summed E-state index contributed by atoms with van der Waals surface area (Å²) < 4.78 is 5.57. The molecule has 3 nitrogen and oxygen atoms in total. The normalized spacial score (nSPS) is 10.8. The Morgan fingerprint density at radius 3 is 2.72 bits per heavy atom. The minimum absolute atomic E-state index is 0.533. The highest BCUT2D eigenvalue weighted by Gasteiger charge is 2.08. The van der Waals surface area contributed by atoms with Crippen LogP contribution in [0, 0.1) is 0 Å². The Kier molecular flexibility index (Phi) is 5.41. The van der Waals surface area contributed by atoms with Gasteiger partial charge in [-0.3, -0.25) is 0 Å². The Hall–Kier alpha value is -0.650. The van der Waals surface area contributed by atoms with Crippen LogP contribution >= 0.6 is 33.2 Å². The fourth-order valence-electron chi connectivity index (χ4n) is 1.25. The van der Waals surface area contributed by atoms with Crippen molar-refractivity contribution < 1.29 is 4.42 Å². The quantitative estimate of drug-likeness (QED) is 0.558. The first-order valence-electron chi connectivity index (χ1n) is 5.68. The van der Waals surface area contributed by atoms with Gasteiger partial charge in [-0.15, -0.1) is 5.10 Å². The van der Waals surface area contributed by atoms with Crippen LogP contribution in [0.15, 0.2) is 33.9 Å². The Morgan fingerprint density at radius 1 is 1.22 bits per heavy atom. The molecule has 6 heteroatoms. The minimum Gasteiger partial charge on any atom is -0.411 e. The van der Waals surface area contributed by atoms with Crippen LogP contribution in [0.3, 0.4) is 0 Å². The summed E-state index contributed by atoms with van der Waals surface area (Å²) in [5.74, 6) is 1.63. The highest BCUT2D eigenvalue weighted by atomic mass is 35.5. The van der Waals surface area contributed by atoms with Gasteiger partial charge >= 0.3 is 0 Å². The molecule has 0 radical (unpaired) electrons. The minimum atomic E-state index is 0.533. The van der Waals surface area contributed by atoms with E-state index in [0.29, 0.717) is 16.1 Å². The monoisotopic (exact) mass is 300 g/mol. The SMILES string of the molecule is CCCCSSc1nnc(-c2ccc(Cl)cc2)o1. The largest absolute Gasteiger partial charge is 0.411 e. The third kappa shape index (κ3) is 3.93. The third-order valence-electron chi connectivity index (χ3n) is 2.21. The van der Waals surface area contributed by atoms with Crippen LogP contribution in [0.5, 0.6) is 0 Å². The van der Waals surface area contributed by atoms with Crippen LogP contribution < -0.4 is 0 Å². The summed E-state index contributed by atoms with van der Waals surface area (Å²) in [7, 11) is 3.27. The van der Waals surface area contributed by atoms with E-state index in [2.05, 4.69) is 17.1 Å². The second-order valence-electron chi connectivity index (χ2n) is 3.64. The second-order valence-corrected chi connectivity index (χ2v) is 6.44. The molecule has 0 fully saturated rings. The van der Waals surface area contributed by atoms with Gasteiger partial charge in [-0.2, -0.15) is 0 Å². The highest BCUT2D eigenvalue weighted by Crippen LogP contribution is 2.32. The molecule has 0 saturated carbocycles. The maximum atomic E-state index is 5.83. The van der Waals surface area contributed by atoms with E-state index >= 15 is 0 Å². The van der Waals surface area contributed by atoms with Crippen molar-refractivity contribution >= 4 is 33.2 Å². The zero-order chi connectivity index (χ0) is 12.8. The number of unbranched alkanes of at least 4 members (excludes halogenated alkanes) is 1. The van der Waals surface area contributed by atoms with E-state index in [1.807, 2.05) is 24.3 Å². The van der Waals surface area contributed by atoms with Gasteiger partial charge in [0.25, 0.3) is 5.22 Å². The van der Waals surface area contributed by atoms with Gasteiger partial charge in [-0.1, -0.05) is 40.8 Å². The average Bonchev–Trinajstić information content (AvgIpc) is 2.84. The van der Waals surface area contributed by atoms with Gasteiger partial charge in [0.15, 0.2) is 0 Å². The van der Waals surface area contributed by atoms with Crippen molar-refractivity contribution in [3.63, 3.8) is 0 Å². The molecule has 18 heavy (non-hydrogen) atoms. The van der Waals surface area contributed by atoms with E-state index < -0.39 is 0 Å². The molecule has 0 spiro atoms. The smallest absolute Gasteiger partial charge is 0.287 e. The van der Waals surface area contributed by atoms with Gasteiger partial charge in [0.1, 0.15) is 0 Å². The van der Waals surface area contributed by atoms with Gasteiger partial charge in [0.05, 0.1) is 0 Å². The van der Waals surface area contributed by atoms with Crippen molar-refractivity contribution in [2.75, 3.05) is 5.75 Å². The molecule has 0 bridgehead atoms. The average molecular weight is 301 g/mol. The van der Waals surface area contributed by atoms with E-state index in [1.165, 1.54) is 23.6 Å². The maximum Gasteiger partial charge on any atom is 0.287 e. The molecule has 1 heterocycles. The first-order valence-corrected chi connectivity index (χ1v) is 8.38. The van der Waals surface area contributed by atoms with Gasteiger partial charge in [-0.05, 0) is 30.7 Å². The Balaban J connectivity index is 1.95. The lowest BCUT2D eigenvalue weighted by Crippen LogP contribution is -1.76. The molecule has 2 aromatic rings. The van der Waals surface area contributed by atoms with E-state index in [4.69, 9.17) is 16.0 Å².